The third-order valence-electron chi connectivity index (χ3n) is 3.47. The Morgan fingerprint density at radius 2 is 2.05 bits per heavy atom. The molecule has 0 saturated carbocycles. The molecule has 2 heterocycles. The van der Waals surface area contributed by atoms with E-state index in [9.17, 15) is 8.42 Å². The average molecular weight is 292 g/mol. The Morgan fingerprint density at radius 3 is 2.85 bits per heavy atom. The fourth-order valence-electron chi connectivity index (χ4n) is 2.47. The Bertz CT molecular complexity index is 723. The van der Waals surface area contributed by atoms with E-state index in [1.165, 1.54) is 10.6 Å². The number of rotatable bonds is 3. The second-order valence-electron chi connectivity index (χ2n) is 4.68. The van der Waals surface area contributed by atoms with Crippen LogP contribution >= 0.6 is 0 Å². The number of hydrogen-bond acceptors (Lipinski definition) is 4. The van der Waals surface area contributed by atoms with Gasteiger partial charge in [-0.2, -0.15) is 10.1 Å². The molecule has 3 rings (SSSR count). The molecule has 0 aliphatic carbocycles. The zero-order valence-corrected chi connectivity index (χ0v) is 12.0. The van der Waals surface area contributed by atoms with Gasteiger partial charge in [-0.15, -0.1) is 0 Å². The van der Waals surface area contributed by atoms with Crippen molar-refractivity contribution in [2.24, 2.45) is 0 Å². The minimum atomic E-state index is -3.58. The van der Waals surface area contributed by atoms with E-state index in [2.05, 4.69) is 10.1 Å². The van der Waals surface area contributed by atoms with Gasteiger partial charge >= 0.3 is 0 Å². The van der Waals surface area contributed by atoms with Crippen LogP contribution in [0.25, 0.3) is 0 Å². The van der Waals surface area contributed by atoms with Crippen LogP contribution in [-0.4, -0.2) is 29.7 Å². The zero-order valence-electron chi connectivity index (χ0n) is 11.2. The highest BCUT2D eigenvalue weighted by Crippen LogP contribution is 2.27. The Kier molecular flexibility index (Phi) is 3.21. The molecule has 0 saturated heterocycles. The van der Waals surface area contributed by atoms with Crippen LogP contribution in [0.4, 0.5) is 5.95 Å². The molecule has 0 atom stereocenters. The lowest BCUT2D eigenvalue weighted by Gasteiger charge is -2.27. The molecule has 2 aromatic rings. The van der Waals surface area contributed by atoms with E-state index in [1.807, 2.05) is 19.1 Å². The molecule has 0 radical (unpaired) electrons. The van der Waals surface area contributed by atoms with E-state index in [1.54, 1.807) is 16.8 Å². The summed E-state index contributed by atoms with van der Waals surface area (Å²) < 4.78 is 28.7. The van der Waals surface area contributed by atoms with Gasteiger partial charge in [-0.25, -0.2) is 17.4 Å². The summed E-state index contributed by atoms with van der Waals surface area (Å²) in [6.07, 6.45) is 2.81. The lowest BCUT2D eigenvalue weighted by Crippen LogP contribution is -2.38. The van der Waals surface area contributed by atoms with Crippen LogP contribution in [0.1, 0.15) is 18.9 Å². The van der Waals surface area contributed by atoms with Crippen molar-refractivity contribution in [1.82, 2.24) is 14.8 Å². The van der Waals surface area contributed by atoms with E-state index in [0.29, 0.717) is 30.4 Å². The Labute approximate surface area is 118 Å². The van der Waals surface area contributed by atoms with Crippen LogP contribution in [0, 0.1) is 0 Å². The lowest BCUT2D eigenvalue weighted by atomic mass is 10.2. The number of sulfonamides is 1. The topological polar surface area (TPSA) is 68.1 Å². The second kappa shape index (κ2) is 4.90. The first-order chi connectivity index (χ1) is 9.64. The predicted molar refractivity (Wildman–Crippen MR) is 75.0 cm³/mol. The summed E-state index contributed by atoms with van der Waals surface area (Å²) >= 11 is 0. The molecular formula is C13H16N4O2S. The van der Waals surface area contributed by atoms with E-state index in [-0.39, 0.29) is 0 Å². The predicted octanol–water partition coefficient (Wildman–Crippen LogP) is 1.44. The molecule has 0 amide bonds. The van der Waals surface area contributed by atoms with Crippen molar-refractivity contribution >= 4 is 16.0 Å². The Hall–Kier alpha value is -1.89. The first-order valence-electron chi connectivity index (χ1n) is 6.63. The van der Waals surface area contributed by atoms with Gasteiger partial charge in [0.25, 0.3) is 10.0 Å². The molecule has 7 heteroatoms. The highest BCUT2D eigenvalue weighted by Gasteiger charge is 2.32. The summed E-state index contributed by atoms with van der Waals surface area (Å²) in [5.74, 6) is 0.405. The van der Waals surface area contributed by atoms with Gasteiger partial charge in [0.2, 0.25) is 5.95 Å². The van der Waals surface area contributed by atoms with Gasteiger partial charge < -0.3 is 0 Å². The molecule has 1 aliphatic heterocycles. The van der Waals surface area contributed by atoms with E-state index in [0.717, 1.165) is 12.0 Å². The minimum Gasteiger partial charge on any atom is -0.234 e. The largest absolute Gasteiger partial charge is 0.266 e. The Morgan fingerprint density at radius 1 is 1.25 bits per heavy atom. The summed E-state index contributed by atoms with van der Waals surface area (Å²) in [6.45, 7) is 3.10. The number of anilines is 1. The first-order valence-corrected chi connectivity index (χ1v) is 8.07. The quantitative estimate of drug-likeness (QED) is 0.858. The number of benzene rings is 1. The van der Waals surface area contributed by atoms with Crippen LogP contribution in [-0.2, 0) is 23.0 Å². The summed E-state index contributed by atoms with van der Waals surface area (Å²) in [5, 5.41) is 4.06. The highest BCUT2D eigenvalue weighted by atomic mass is 32.2. The molecule has 0 unspecified atom stereocenters. The van der Waals surface area contributed by atoms with Crippen LogP contribution in [0.2, 0.25) is 0 Å². The summed E-state index contributed by atoms with van der Waals surface area (Å²) in [5.41, 5.74) is 0.823. The molecule has 0 bridgehead atoms. The third-order valence-corrected chi connectivity index (χ3v) is 5.35. The molecule has 0 spiro atoms. The van der Waals surface area contributed by atoms with Crippen molar-refractivity contribution in [2.45, 2.75) is 31.2 Å². The molecule has 0 N–H and O–H groups in total. The maximum atomic E-state index is 12.9. The van der Waals surface area contributed by atoms with Crippen molar-refractivity contribution in [2.75, 3.05) is 10.8 Å². The maximum absolute atomic E-state index is 12.9. The smallest absolute Gasteiger partial charge is 0.234 e. The normalized spacial score (nSPS) is 15.2. The fourth-order valence-corrected chi connectivity index (χ4v) is 4.22. The second-order valence-corrected chi connectivity index (χ2v) is 6.51. The number of aryl methyl sites for hydroxylation is 2. The van der Waals surface area contributed by atoms with Crippen molar-refractivity contribution in [1.29, 1.82) is 0 Å². The summed E-state index contributed by atoms with van der Waals surface area (Å²) in [4.78, 5) is 4.44. The molecule has 1 aromatic carbocycles. The van der Waals surface area contributed by atoms with Gasteiger partial charge in [-0.05, 0) is 24.5 Å². The molecular weight excluding hydrogens is 276 g/mol. The monoisotopic (exact) mass is 292 g/mol. The molecule has 0 fully saturated rings. The minimum absolute atomic E-state index is 0.360. The van der Waals surface area contributed by atoms with E-state index < -0.39 is 10.0 Å². The molecule has 106 valence electrons. The molecule has 6 nitrogen and oxygen atoms in total. The van der Waals surface area contributed by atoms with Crippen LogP contribution in [0.3, 0.4) is 0 Å². The third kappa shape index (κ3) is 1.98. The van der Waals surface area contributed by atoms with Crippen LogP contribution in [0.15, 0.2) is 35.5 Å². The van der Waals surface area contributed by atoms with Crippen molar-refractivity contribution in [3.05, 3.63) is 36.2 Å². The lowest BCUT2D eigenvalue weighted by molar-refractivity contribution is 0.529. The van der Waals surface area contributed by atoms with Gasteiger partial charge in [-0.3, -0.25) is 0 Å². The fraction of sp³-hybridized carbons (Fsp3) is 0.385. The van der Waals surface area contributed by atoms with E-state index in [4.69, 9.17) is 0 Å². The Balaban J connectivity index is 2.10. The van der Waals surface area contributed by atoms with Crippen molar-refractivity contribution in [3.63, 3.8) is 0 Å². The molecule has 1 aromatic heterocycles. The number of hydrogen-bond donors (Lipinski definition) is 0. The standard InChI is InChI=1S/C13H16N4O2S/c1-2-11-6-3-4-7-12(11)20(18,19)17-9-5-8-16-13(17)14-10-15-16/h3-4,6-7,10H,2,5,8-9H2,1H3. The van der Waals surface area contributed by atoms with Crippen LogP contribution < -0.4 is 4.31 Å². The number of fused-ring (bicyclic) bond motifs is 1. The van der Waals surface area contributed by atoms with Gasteiger partial charge in [0.15, 0.2) is 0 Å². The first kappa shape index (κ1) is 13.1. The van der Waals surface area contributed by atoms with Gasteiger partial charge in [-0.1, -0.05) is 25.1 Å². The molecule has 20 heavy (non-hydrogen) atoms. The van der Waals surface area contributed by atoms with E-state index >= 15 is 0 Å². The SMILES string of the molecule is CCc1ccccc1S(=O)(=O)N1CCCn2ncnc21. The number of aromatic nitrogens is 3. The van der Waals surface area contributed by atoms with Gasteiger partial charge in [0.05, 0.1) is 4.90 Å². The summed E-state index contributed by atoms with van der Waals surface area (Å²) in [7, 11) is -3.58. The van der Waals surface area contributed by atoms with Crippen molar-refractivity contribution < 1.29 is 8.42 Å². The van der Waals surface area contributed by atoms with Crippen molar-refractivity contribution in [3.8, 4) is 0 Å². The van der Waals surface area contributed by atoms with Gasteiger partial charge in [0.1, 0.15) is 6.33 Å². The maximum Gasteiger partial charge on any atom is 0.266 e. The summed E-state index contributed by atoms with van der Waals surface area (Å²) in [6, 6.07) is 7.11. The molecule has 1 aliphatic rings. The zero-order chi connectivity index (χ0) is 14.2. The highest BCUT2D eigenvalue weighted by molar-refractivity contribution is 7.92. The van der Waals surface area contributed by atoms with Gasteiger partial charge in [0, 0.05) is 13.1 Å². The van der Waals surface area contributed by atoms with Crippen LogP contribution in [0.5, 0.6) is 0 Å². The number of nitrogens with zero attached hydrogens (tertiary/aromatic N) is 4. The average Bonchev–Trinajstić information content (AvgIpc) is 2.95.